The first-order valence-corrected chi connectivity index (χ1v) is 7.19. The van der Waals surface area contributed by atoms with Crippen molar-refractivity contribution < 1.29 is 9.90 Å². The molecule has 1 atom stereocenters. The van der Waals surface area contributed by atoms with Crippen LogP contribution in [0.4, 0.5) is 5.13 Å². The van der Waals surface area contributed by atoms with Gasteiger partial charge >= 0.3 is 5.97 Å². The molecule has 0 fully saturated rings. The van der Waals surface area contributed by atoms with Gasteiger partial charge in [0, 0.05) is 10.9 Å². The molecule has 0 bridgehead atoms. The highest BCUT2D eigenvalue weighted by Gasteiger charge is 2.15. The molecule has 1 heterocycles. The highest BCUT2D eigenvalue weighted by molar-refractivity contribution is 7.15. The summed E-state index contributed by atoms with van der Waals surface area (Å²) in [4.78, 5) is 15.7. The van der Waals surface area contributed by atoms with Crippen LogP contribution in [0.2, 0.25) is 0 Å². The molecule has 0 amide bonds. The number of thiazole rings is 1. The number of nitrogens with one attached hydrogen (secondary N) is 1. The van der Waals surface area contributed by atoms with Gasteiger partial charge < -0.3 is 10.4 Å². The van der Waals surface area contributed by atoms with E-state index in [1.165, 1.54) is 24.2 Å². The molecule has 0 aromatic carbocycles. The second-order valence-electron chi connectivity index (χ2n) is 5.10. The lowest BCUT2D eigenvalue weighted by Gasteiger charge is -2.13. The second kappa shape index (κ2) is 6.73. The van der Waals surface area contributed by atoms with Crippen LogP contribution in [0.3, 0.4) is 0 Å². The van der Waals surface area contributed by atoms with E-state index in [9.17, 15) is 4.79 Å². The number of aromatic nitrogens is 1. The fraction of sp³-hybridized carbons (Fsp3) is 0.692. The lowest BCUT2D eigenvalue weighted by atomic mass is 10.0. The van der Waals surface area contributed by atoms with Gasteiger partial charge in [0.1, 0.15) is 0 Å². The number of carboxylic acid groups (broad SMARTS) is 1. The molecule has 0 saturated carbocycles. The topological polar surface area (TPSA) is 62.2 Å². The van der Waals surface area contributed by atoms with Gasteiger partial charge in [-0.3, -0.25) is 0 Å². The minimum Gasteiger partial charge on any atom is -0.476 e. The summed E-state index contributed by atoms with van der Waals surface area (Å²) in [6, 6.07) is 0.330. The Hall–Kier alpha value is -1.10. The van der Waals surface area contributed by atoms with E-state index < -0.39 is 5.97 Å². The lowest BCUT2D eigenvalue weighted by molar-refractivity contribution is 0.0690. The SMILES string of the molecule is Cc1sc(NC(C)CCCC(C)C)nc1C(=O)O. The Bertz CT molecular complexity index is 402. The highest BCUT2D eigenvalue weighted by Crippen LogP contribution is 2.23. The predicted octanol–water partition coefficient (Wildman–Crippen LogP) is 3.78. The molecule has 0 aliphatic rings. The monoisotopic (exact) mass is 270 g/mol. The molecule has 18 heavy (non-hydrogen) atoms. The van der Waals surface area contributed by atoms with Crippen molar-refractivity contribution in [3.05, 3.63) is 10.6 Å². The summed E-state index contributed by atoms with van der Waals surface area (Å²) < 4.78 is 0. The fourth-order valence-corrected chi connectivity index (χ4v) is 2.69. The van der Waals surface area contributed by atoms with Crippen molar-refractivity contribution in [2.45, 2.75) is 53.0 Å². The van der Waals surface area contributed by atoms with Crippen LogP contribution >= 0.6 is 11.3 Å². The van der Waals surface area contributed by atoms with E-state index in [1.807, 2.05) is 0 Å². The van der Waals surface area contributed by atoms with Gasteiger partial charge in [-0.05, 0) is 26.2 Å². The largest absolute Gasteiger partial charge is 0.476 e. The molecule has 5 heteroatoms. The second-order valence-corrected chi connectivity index (χ2v) is 6.30. The third-order valence-electron chi connectivity index (χ3n) is 2.79. The molecule has 1 aromatic heterocycles. The molecule has 4 nitrogen and oxygen atoms in total. The number of carboxylic acids is 1. The van der Waals surface area contributed by atoms with Crippen LogP contribution in [0, 0.1) is 12.8 Å². The number of carbonyl (C=O) groups is 1. The van der Waals surface area contributed by atoms with E-state index in [0.717, 1.165) is 17.2 Å². The standard InChI is InChI=1S/C13H22N2O2S/c1-8(2)6-5-7-9(3)14-13-15-11(12(16)17)10(4)18-13/h8-9H,5-7H2,1-4H3,(H,14,15)(H,16,17). The number of aryl methyl sites for hydroxylation is 1. The number of anilines is 1. The molecule has 0 radical (unpaired) electrons. The molecule has 2 N–H and O–H groups in total. The number of nitrogens with zero attached hydrogens (tertiary/aromatic N) is 1. The van der Waals surface area contributed by atoms with Gasteiger partial charge in [-0.1, -0.05) is 26.7 Å². The van der Waals surface area contributed by atoms with Gasteiger partial charge in [-0.15, -0.1) is 11.3 Å². The van der Waals surface area contributed by atoms with Crippen molar-refractivity contribution in [2.24, 2.45) is 5.92 Å². The summed E-state index contributed by atoms with van der Waals surface area (Å²) in [6.07, 6.45) is 3.49. The Morgan fingerprint density at radius 3 is 2.56 bits per heavy atom. The van der Waals surface area contributed by atoms with Crippen LogP contribution in [-0.2, 0) is 0 Å². The van der Waals surface area contributed by atoms with Crippen LogP contribution < -0.4 is 5.32 Å². The number of hydrogen-bond donors (Lipinski definition) is 2. The third-order valence-corrected chi connectivity index (χ3v) is 3.69. The van der Waals surface area contributed by atoms with Gasteiger partial charge in [0.15, 0.2) is 10.8 Å². The van der Waals surface area contributed by atoms with Gasteiger partial charge in [0.2, 0.25) is 0 Å². The van der Waals surface area contributed by atoms with Crippen LogP contribution in [0.15, 0.2) is 0 Å². The first kappa shape index (κ1) is 15.0. The van der Waals surface area contributed by atoms with Crippen LogP contribution in [0.25, 0.3) is 0 Å². The van der Waals surface area contributed by atoms with Crippen molar-refractivity contribution in [1.29, 1.82) is 0 Å². The molecular formula is C13H22N2O2S. The van der Waals surface area contributed by atoms with Crippen LogP contribution in [-0.4, -0.2) is 22.1 Å². The van der Waals surface area contributed by atoms with Crippen molar-refractivity contribution >= 4 is 22.4 Å². The Morgan fingerprint density at radius 1 is 1.39 bits per heavy atom. The Labute approximate surface area is 112 Å². The molecule has 0 aliphatic carbocycles. The van der Waals surface area contributed by atoms with Crippen molar-refractivity contribution in [1.82, 2.24) is 4.98 Å². The zero-order valence-electron chi connectivity index (χ0n) is 11.5. The number of rotatable bonds is 7. The number of hydrogen-bond acceptors (Lipinski definition) is 4. The Kier molecular flexibility index (Phi) is 5.59. The molecule has 1 rings (SSSR count). The lowest BCUT2D eigenvalue weighted by Crippen LogP contribution is -2.15. The first-order chi connectivity index (χ1) is 8.40. The van der Waals surface area contributed by atoms with Crippen molar-refractivity contribution in [2.75, 3.05) is 5.32 Å². The average molecular weight is 270 g/mol. The molecule has 0 aliphatic heterocycles. The average Bonchev–Trinajstić information content (AvgIpc) is 2.58. The molecule has 1 aromatic rings. The minimum atomic E-state index is -0.954. The van der Waals surface area contributed by atoms with Gasteiger partial charge in [0.05, 0.1) is 0 Å². The fourth-order valence-electron chi connectivity index (χ4n) is 1.77. The van der Waals surface area contributed by atoms with E-state index in [-0.39, 0.29) is 5.69 Å². The van der Waals surface area contributed by atoms with E-state index in [1.54, 1.807) is 6.92 Å². The van der Waals surface area contributed by atoms with Gasteiger partial charge in [0.25, 0.3) is 0 Å². The molecule has 0 saturated heterocycles. The molecular weight excluding hydrogens is 248 g/mol. The summed E-state index contributed by atoms with van der Waals surface area (Å²) in [5.74, 6) is -0.220. The van der Waals surface area contributed by atoms with Crippen LogP contribution in [0.1, 0.15) is 55.4 Å². The van der Waals surface area contributed by atoms with E-state index in [2.05, 4.69) is 31.1 Å². The van der Waals surface area contributed by atoms with Crippen molar-refractivity contribution in [3.8, 4) is 0 Å². The smallest absolute Gasteiger partial charge is 0.355 e. The van der Waals surface area contributed by atoms with Gasteiger partial charge in [-0.25, -0.2) is 9.78 Å². The Balaban J connectivity index is 2.47. The maximum atomic E-state index is 10.9. The zero-order chi connectivity index (χ0) is 13.7. The Morgan fingerprint density at radius 2 is 2.06 bits per heavy atom. The quantitative estimate of drug-likeness (QED) is 0.791. The third kappa shape index (κ3) is 4.64. The molecule has 102 valence electrons. The minimum absolute atomic E-state index is 0.164. The predicted molar refractivity (Wildman–Crippen MR) is 75.6 cm³/mol. The van der Waals surface area contributed by atoms with Gasteiger partial charge in [-0.2, -0.15) is 0 Å². The summed E-state index contributed by atoms with van der Waals surface area (Å²) in [6.45, 7) is 8.34. The first-order valence-electron chi connectivity index (χ1n) is 6.37. The molecule has 0 spiro atoms. The summed E-state index contributed by atoms with van der Waals surface area (Å²) in [5.41, 5.74) is 0.164. The highest BCUT2D eigenvalue weighted by atomic mass is 32.1. The summed E-state index contributed by atoms with van der Waals surface area (Å²) in [7, 11) is 0. The normalized spacial score (nSPS) is 12.7. The van der Waals surface area contributed by atoms with E-state index in [0.29, 0.717) is 11.2 Å². The van der Waals surface area contributed by atoms with E-state index in [4.69, 9.17) is 5.11 Å². The van der Waals surface area contributed by atoms with E-state index >= 15 is 0 Å². The summed E-state index contributed by atoms with van der Waals surface area (Å²) in [5, 5.41) is 12.9. The van der Waals surface area contributed by atoms with Crippen molar-refractivity contribution in [3.63, 3.8) is 0 Å². The summed E-state index contributed by atoms with van der Waals surface area (Å²) >= 11 is 1.41. The molecule has 1 unspecified atom stereocenters. The zero-order valence-corrected chi connectivity index (χ0v) is 12.3. The maximum absolute atomic E-state index is 10.9. The maximum Gasteiger partial charge on any atom is 0.355 e. The number of aromatic carboxylic acids is 1. The van der Waals surface area contributed by atoms with Crippen LogP contribution in [0.5, 0.6) is 0 Å².